The van der Waals surface area contributed by atoms with E-state index in [-0.39, 0.29) is 23.4 Å². The van der Waals surface area contributed by atoms with E-state index >= 15 is 0 Å². The molecule has 0 bridgehead atoms. The SMILES string of the molecule is CCC[C@@]1(CCc2ccccc2)CC(O)=C(C(c2cccc(NS(=O)(=O)c3ccc(C(F)(F)F)cn3)c2)C(C)(C)C)C(=O)O1. The quantitative estimate of drug-likeness (QED) is 0.220. The second-order valence-electron chi connectivity index (χ2n) is 12.3. The summed E-state index contributed by atoms with van der Waals surface area (Å²) in [5.74, 6) is -1.34. The van der Waals surface area contributed by atoms with Gasteiger partial charge in [-0.3, -0.25) is 4.72 Å². The smallest absolute Gasteiger partial charge is 0.417 e. The number of aryl methyl sites for hydroxylation is 1. The van der Waals surface area contributed by atoms with E-state index in [1.807, 2.05) is 58.0 Å². The molecule has 0 amide bonds. The van der Waals surface area contributed by atoms with Crippen molar-refractivity contribution in [2.24, 2.45) is 5.41 Å². The van der Waals surface area contributed by atoms with Gasteiger partial charge in [0.15, 0.2) is 5.03 Å². The summed E-state index contributed by atoms with van der Waals surface area (Å²) < 4.78 is 73.2. The van der Waals surface area contributed by atoms with Gasteiger partial charge in [-0.1, -0.05) is 76.6 Å². The lowest BCUT2D eigenvalue weighted by Gasteiger charge is -2.41. The molecule has 0 fully saturated rings. The Balaban J connectivity index is 1.64. The Hall–Kier alpha value is -3.86. The summed E-state index contributed by atoms with van der Waals surface area (Å²) in [5.41, 5.74) is -0.648. The highest BCUT2D eigenvalue weighted by atomic mass is 32.2. The summed E-state index contributed by atoms with van der Waals surface area (Å²) in [6.07, 6.45) is -1.48. The number of esters is 1. The first-order valence-electron chi connectivity index (χ1n) is 14.4. The lowest BCUT2D eigenvalue weighted by Crippen LogP contribution is -2.43. The van der Waals surface area contributed by atoms with Crippen molar-refractivity contribution in [1.29, 1.82) is 0 Å². The molecule has 1 aliphatic rings. The molecular weight excluding hydrogens is 593 g/mol. The van der Waals surface area contributed by atoms with Crippen LogP contribution in [-0.2, 0) is 32.2 Å². The topological polar surface area (TPSA) is 106 Å². The van der Waals surface area contributed by atoms with E-state index in [9.17, 15) is 31.5 Å². The van der Waals surface area contributed by atoms with E-state index in [4.69, 9.17) is 4.74 Å². The van der Waals surface area contributed by atoms with Crippen LogP contribution in [0.15, 0.2) is 89.3 Å². The maximum atomic E-state index is 13.7. The van der Waals surface area contributed by atoms with Crippen molar-refractivity contribution in [2.75, 3.05) is 4.72 Å². The van der Waals surface area contributed by atoms with E-state index in [0.717, 1.165) is 18.1 Å². The third-order valence-electron chi connectivity index (χ3n) is 7.71. The molecule has 3 aromatic rings. The number of rotatable bonds is 10. The summed E-state index contributed by atoms with van der Waals surface area (Å²) >= 11 is 0. The number of ether oxygens (including phenoxy) is 1. The fourth-order valence-corrected chi connectivity index (χ4v) is 6.74. The number of alkyl halides is 3. The van der Waals surface area contributed by atoms with Gasteiger partial charge in [0, 0.05) is 24.2 Å². The second kappa shape index (κ2) is 12.6. The number of pyridine rings is 1. The highest BCUT2D eigenvalue weighted by Gasteiger charge is 2.46. The highest BCUT2D eigenvalue weighted by Crippen LogP contribution is 2.47. The molecule has 7 nitrogen and oxygen atoms in total. The van der Waals surface area contributed by atoms with Crippen LogP contribution >= 0.6 is 0 Å². The fraction of sp³-hybridized carbons (Fsp3) is 0.394. The van der Waals surface area contributed by atoms with Gasteiger partial charge in [0.05, 0.1) is 11.1 Å². The molecule has 1 aromatic heterocycles. The number of anilines is 1. The summed E-state index contributed by atoms with van der Waals surface area (Å²) in [6, 6.07) is 17.6. The molecule has 0 saturated heterocycles. The van der Waals surface area contributed by atoms with Crippen molar-refractivity contribution in [1.82, 2.24) is 4.98 Å². The number of halogens is 3. The van der Waals surface area contributed by atoms with Crippen LogP contribution in [0.2, 0.25) is 0 Å². The minimum Gasteiger partial charge on any atom is -0.512 e. The molecular formula is C33H37F3N2O5S. The first-order chi connectivity index (χ1) is 20.5. The molecule has 2 aromatic carbocycles. The first-order valence-corrected chi connectivity index (χ1v) is 15.9. The van der Waals surface area contributed by atoms with Crippen LogP contribution < -0.4 is 4.72 Å². The molecule has 0 saturated carbocycles. The molecule has 0 radical (unpaired) electrons. The summed E-state index contributed by atoms with van der Waals surface area (Å²) in [5, 5.41) is 10.9. The van der Waals surface area contributed by atoms with Gasteiger partial charge in [-0.15, -0.1) is 0 Å². The number of aromatic nitrogens is 1. The predicted molar refractivity (Wildman–Crippen MR) is 161 cm³/mol. The molecule has 0 spiro atoms. The Morgan fingerprint density at radius 1 is 1.02 bits per heavy atom. The van der Waals surface area contributed by atoms with Crippen molar-refractivity contribution in [2.45, 2.75) is 82.5 Å². The molecule has 4 rings (SSSR count). The minimum atomic E-state index is -4.66. The van der Waals surface area contributed by atoms with Crippen LogP contribution in [0.3, 0.4) is 0 Å². The van der Waals surface area contributed by atoms with Crippen molar-refractivity contribution >= 4 is 21.7 Å². The van der Waals surface area contributed by atoms with Crippen molar-refractivity contribution in [3.8, 4) is 0 Å². The number of sulfonamides is 1. The number of aliphatic hydroxyl groups is 1. The zero-order chi connectivity index (χ0) is 32.3. The summed E-state index contributed by atoms with van der Waals surface area (Å²) in [7, 11) is -4.33. The van der Waals surface area contributed by atoms with Gasteiger partial charge in [-0.25, -0.2) is 9.78 Å². The number of benzene rings is 2. The maximum absolute atomic E-state index is 13.7. The van der Waals surface area contributed by atoms with Gasteiger partial charge in [-0.2, -0.15) is 21.6 Å². The summed E-state index contributed by atoms with van der Waals surface area (Å²) in [6.45, 7) is 7.70. The maximum Gasteiger partial charge on any atom is 0.417 e. The zero-order valence-corrected chi connectivity index (χ0v) is 25.9. The van der Waals surface area contributed by atoms with Crippen molar-refractivity contribution < 1.29 is 36.2 Å². The average Bonchev–Trinajstić information content (AvgIpc) is 2.93. The minimum absolute atomic E-state index is 0.0531. The normalized spacial score (nSPS) is 18.6. The van der Waals surface area contributed by atoms with E-state index in [1.54, 1.807) is 12.1 Å². The molecule has 44 heavy (non-hydrogen) atoms. The molecule has 2 atom stereocenters. The lowest BCUT2D eigenvalue weighted by molar-refractivity contribution is -0.161. The Bertz CT molecular complexity index is 1620. The Labute approximate surface area is 256 Å². The van der Waals surface area contributed by atoms with Gasteiger partial charge < -0.3 is 9.84 Å². The summed E-state index contributed by atoms with van der Waals surface area (Å²) in [4.78, 5) is 17.2. The van der Waals surface area contributed by atoms with E-state index in [1.165, 1.54) is 12.1 Å². The highest BCUT2D eigenvalue weighted by molar-refractivity contribution is 7.92. The number of hydrogen-bond acceptors (Lipinski definition) is 6. The number of nitrogens with zero attached hydrogens (tertiary/aromatic N) is 1. The van der Waals surface area contributed by atoms with Crippen LogP contribution in [0.1, 0.15) is 76.0 Å². The molecule has 2 N–H and O–H groups in total. The van der Waals surface area contributed by atoms with Gasteiger partial charge in [0.2, 0.25) is 0 Å². The third kappa shape index (κ3) is 7.61. The van der Waals surface area contributed by atoms with E-state index in [2.05, 4.69) is 9.71 Å². The van der Waals surface area contributed by atoms with Crippen LogP contribution in [0, 0.1) is 5.41 Å². The number of nitrogens with one attached hydrogen (secondary N) is 1. The van der Waals surface area contributed by atoms with Gasteiger partial charge in [0.1, 0.15) is 11.4 Å². The average molecular weight is 631 g/mol. The standard InChI is InChI=1S/C33H37F3N2O5S/c1-5-17-32(18-16-22-10-7-6-8-11-22)20-26(39)28(30(40)43-32)29(31(2,3)4)23-12-9-13-25(19-23)38-44(41,42)27-15-14-24(21-37-27)33(34,35)36/h6-15,19,21,29,38-39H,5,16-18,20H2,1-4H3/t29?,32-/m1/s1. The molecule has 11 heteroatoms. The number of hydrogen-bond donors (Lipinski definition) is 2. The first kappa shape index (κ1) is 33.0. The zero-order valence-electron chi connectivity index (χ0n) is 25.1. The van der Waals surface area contributed by atoms with Gasteiger partial charge in [-0.05, 0) is 60.1 Å². The molecule has 1 unspecified atom stereocenters. The Kier molecular flexibility index (Phi) is 9.48. The van der Waals surface area contributed by atoms with E-state index in [0.29, 0.717) is 37.1 Å². The van der Waals surface area contributed by atoms with Crippen molar-refractivity contribution in [3.63, 3.8) is 0 Å². The van der Waals surface area contributed by atoms with Crippen LogP contribution in [0.25, 0.3) is 0 Å². The fourth-order valence-electron chi connectivity index (χ4n) is 5.76. The molecule has 2 heterocycles. The van der Waals surface area contributed by atoms with Crippen molar-refractivity contribution in [3.05, 3.63) is 101 Å². The van der Waals surface area contributed by atoms with Gasteiger partial charge in [0.25, 0.3) is 10.0 Å². The number of carbonyl (C=O) groups is 1. The van der Waals surface area contributed by atoms with Crippen LogP contribution in [0.4, 0.5) is 18.9 Å². The Morgan fingerprint density at radius 2 is 1.73 bits per heavy atom. The molecule has 0 aliphatic carbocycles. The number of aliphatic hydroxyl groups excluding tert-OH is 1. The Morgan fingerprint density at radius 3 is 2.30 bits per heavy atom. The third-order valence-corrected chi connectivity index (χ3v) is 9.01. The number of cyclic esters (lactones) is 1. The molecule has 236 valence electrons. The van der Waals surface area contributed by atoms with E-state index < -0.39 is 49.7 Å². The molecule has 1 aliphatic heterocycles. The van der Waals surface area contributed by atoms with Crippen LogP contribution in [-0.4, -0.2) is 30.1 Å². The lowest BCUT2D eigenvalue weighted by atomic mass is 9.70. The predicted octanol–water partition coefficient (Wildman–Crippen LogP) is 7.96. The number of carbonyl (C=O) groups excluding carboxylic acids is 1. The second-order valence-corrected chi connectivity index (χ2v) is 13.9. The monoisotopic (exact) mass is 630 g/mol. The van der Waals surface area contributed by atoms with Crippen LogP contribution in [0.5, 0.6) is 0 Å². The van der Waals surface area contributed by atoms with Gasteiger partial charge >= 0.3 is 12.1 Å². The largest absolute Gasteiger partial charge is 0.512 e.